The summed E-state index contributed by atoms with van der Waals surface area (Å²) in [6.45, 7) is 4.63. The molecule has 0 aromatic heterocycles. The monoisotopic (exact) mass is 487 g/mol. The highest BCUT2D eigenvalue weighted by molar-refractivity contribution is 14.2. The van der Waals surface area contributed by atoms with Crippen molar-refractivity contribution in [2.24, 2.45) is 0 Å². The smallest absolute Gasteiger partial charge is 0.0992 e. The molecule has 1 unspecified atom stereocenters. The lowest BCUT2D eigenvalue weighted by atomic mass is 10.2. The summed E-state index contributed by atoms with van der Waals surface area (Å²) in [7, 11) is 0. The zero-order valence-corrected chi connectivity index (χ0v) is 17.6. The molecule has 2 rings (SSSR count). The van der Waals surface area contributed by atoms with Crippen molar-refractivity contribution in [3.63, 3.8) is 0 Å². The van der Waals surface area contributed by atoms with Gasteiger partial charge in [0.05, 0.1) is 35.4 Å². The van der Waals surface area contributed by atoms with Crippen molar-refractivity contribution in [3.8, 4) is 6.07 Å². The second-order valence-electron chi connectivity index (χ2n) is 5.42. The van der Waals surface area contributed by atoms with Gasteiger partial charge in [-0.1, -0.05) is 41.9 Å². The molecule has 2 aromatic carbocycles. The van der Waals surface area contributed by atoms with Crippen LogP contribution < -0.4 is 5.32 Å². The standard InChI is InChI=1S/C18H20ClIN3OP/c19-17-12-16(13-21)6-7-18(17)22-8-9-23(10-11-24-25-20)14-15-4-2-1-3-5-15/h1-7,12,22,25H,8-11,14H2. The van der Waals surface area contributed by atoms with Crippen LogP contribution in [0.15, 0.2) is 48.5 Å². The minimum absolute atomic E-state index is 0.486. The maximum Gasteiger partial charge on any atom is 0.0992 e. The minimum Gasteiger partial charge on any atom is -0.383 e. The van der Waals surface area contributed by atoms with Crippen LogP contribution in [0.25, 0.3) is 0 Å². The fraction of sp³-hybridized carbons (Fsp3) is 0.278. The molecule has 0 heterocycles. The van der Waals surface area contributed by atoms with Gasteiger partial charge in [0, 0.05) is 26.2 Å². The Kier molecular flexibility index (Phi) is 9.52. The van der Waals surface area contributed by atoms with Gasteiger partial charge in [-0.3, -0.25) is 4.90 Å². The first kappa shape index (κ1) is 20.4. The molecule has 0 spiro atoms. The average Bonchev–Trinajstić information content (AvgIpc) is 2.64. The van der Waals surface area contributed by atoms with E-state index in [1.54, 1.807) is 12.1 Å². The summed E-state index contributed by atoms with van der Waals surface area (Å²) in [4.78, 5) is 2.36. The van der Waals surface area contributed by atoms with Crippen LogP contribution in [0.3, 0.4) is 0 Å². The Morgan fingerprint density at radius 2 is 2.00 bits per heavy atom. The van der Waals surface area contributed by atoms with Crippen LogP contribution in [-0.4, -0.2) is 31.1 Å². The van der Waals surface area contributed by atoms with Gasteiger partial charge in [0.2, 0.25) is 0 Å². The Labute approximate surface area is 168 Å². The molecule has 4 nitrogen and oxygen atoms in total. The molecule has 1 atom stereocenters. The van der Waals surface area contributed by atoms with Gasteiger partial charge in [-0.15, -0.1) is 0 Å². The van der Waals surface area contributed by atoms with Crippen LogP contribution in [0.5, 0.6) is 0 Å². The molecular formula is C18H20ClIN3OP. The quantitative estimate of drug-likeness (QED) is 0.288. The number of hydrogen-bond donors (Lipinski definition) is 1. The highest BCUT2D eigenvalue weighted by Gasteiger charge is 2.07. The molecular weight excluding hydrogens is 468 g/mol. The van der Waals surface area contributed by atoms with Crippen LogP contribution >= 0.6 is 40.1 Å². The molecule has 1 N–H and O–H groups in total. The van der Waals surface area contributed by atoms with E-state index in [0.29, 0.717) is 17.0 Å². The number of nitriles is 1. The lowest BCUT2D eigenvalue weighted by molar-refractivity contribution is 0.223. The number of halogens is 2. The zero-order chi connectivity index (χ0) is 17.9. The van der Waals surface area contributed by atoms with Gasteiger partial charge in [-0.2, -0.15) is 5.26 Å². The van der Waals surface area contributed by atoms with Crippen LogP contribution in [0, 0.1) is 11.3 Å². The van der Waals surface area contributed by atoms with Crippen molar-refractivity contribution in [2.75, 3.05) is 31.6 Å². The van der Waals surface area contributed by atoms with Crippen molar-refractivity contribution in [2.45, 2.75) is 6.54 Å². The van der Waals surface area contributed by atoms with E-state index < -0.39 is 0 Å². The highest BCUT2D eigenvalue weighted by atomic mass is 127. The van der Waals surface area contributed by atoms with Crippen molar-refractivity contribution >= 4 is 45.8 Å². The van der Waals surface area contributed by atoms with Crippen molar-refractivity contribution < 1.29 is 4.52 Å². The molecule has 0 aliphatic rings. The molecule has 2 aromatic rings. The second-order valence-corrected chi connectivity index (χ2v) is 7.59. The fourth-order valence-electron chi connectivity index (χ4n) is 2.40. The Hall–Kier alpha value is -0.900. The summed E-state index contributed by atoms with van der Waals surface area (Å²) < 4.78 is 5.51. The van der Waals surface area contributed by atoms with E-state index in [4.69, 9.17) is 21.4 Å². The molecule has 0 saturated carbocycles. The Balaban J connectivity index is 1.89. The fourth-order valence-corrected chi connectivity index (χ4v) is 3.48. The van der Waals surface area contributed by atoms with E-state index in [1.165, 1.54) is 5.56 Å². The third kappa shape index (κ3) is 7.47. The van der Waals surface area contributed by atoms with Gasteiger partial charge < -0.3 is 9.84 Å². The number of hydrogen-bond acceptors (Lipinski definition) is 4. The van der Waals surface area contributed by atoms with Crippen molar-refractivity contribution in [3.05, 3.63) is 64.7 Å². The van der Waals surface area contributed by atoms with E-state index in [1.807, 2.05) is 12.1 Å². The predicted molar refractivity (Wildman–Crippen MR) is 115 cm³/mol. The number of nitrogens with one attached hydrogen (secondary N) is 1. The van der Waals surface area contributed by atoms with Gasteiger partial charge in [0.1, 0.15) is 0 Å². The summed E-state index contributed by atoms with van der Waals surface area (Å²) in [5.41, 5.74) is 2.71. The molecule has 0 aliphatic heterocycles. The summed E-state index contributed by atoms with van der Waals surface area (Å²) in [6, 6.07) is 17.8. The molecule has 0 saturated heterocycles. The van der Waals surface area contributed by atoms with E-state index in [2.05, 4.69) is 62.6 Å². The molecule has 0 bridgehead atoms. The lowest BCUT2D eigenvalue weighted by Crippen LogP contribution is -2.31. The van der Waals surface area contributed by atoms with E-state index >= 15 is 0 Å². The molecule has 132 valence electrons. The maximum absolute atomic E-state index is 8.90. The molecule has 25 heavy (non-hydrogen) atoms. The first-order valence-electron chi connectivity index (χ1n) is 7.90. The van der Waals surface area contributed by atoms with Gasteiger partial charge in [-0.25, -0.2) is 0 Å². The second kappa shape index (κ2) is 11.7. The van der Waals surface area contributed by atoms with Gasteiger partial charge in [0.25, 0.3) is 0 Å². The van der Waals surface area contributed by atoms with Gasteiger partial charge >= 0.3 is 0 Å². The average molecular weight is 488 g/mol. The lowest BCUT2D eigenvalue weighted by Gasteiger charge is -2.23. The summed E-state index contributed by atoms with van der Waals surface area (Å²) >= 11 is 8.45. The summed E-state index contributed by atoms with van der Waals surface area (Å²) in [6.07, 6.45) is 0. The molecule has 7 heteroatoms. The molecule has 0 aliphatic carbocycles. The number of anilines is 1. The van der Waals surface area contributed by atoms with E-state index in [-0.39, 0.29) is 0 Å². The van der Waals surface area contributed by atoms with Crippen molar-refractivity contribution in [1.82, 2.24) is 4.90 Å². The summed E-state index contributed by atoms with van der Waals surface area (Å²) in [5, 5.41) is 12.8. The normalized spacial score (nSPS) is 11.1. The molecule has 0 radical (unpaired) electrons. The summed E-state index contributed by atoms with van der Waals surface area (Å²) in [5.74, 6) is 0. The third-order valence-electron chi connectivity index (χ3n) is 3.65. The zero-order valence-electron chi connectivity index (χ0n) is 13.7. The van der Waals surface area contributed by atoms with Crippen LogP contribution in [0.2, 0.25) is 5.02 Å². The minimum atomic E-state index is 0.486. The van der Waals surface area contributed by atoms with E-state index in [9.17, 15) is 0 Å². The van der Waals surface area contributed by atoms with Gasteiger partial charge in [-0.05, 0) is 45.8 Å². The third-order valence-corrected chi connectivity index (χ3v) is 5.21. The first-order chi connectivity index (χ1) is 12.2. The number of nitrogens with zero attached hydrogens (tertiary/aromatic N) is 2. The highest BCUT2D eigenvalue weighted by Crippen LogP contribution is 2.23. The predicted octanol–water partition coefficient (Wildman–Crippen LogP) is 5.09. The maximum atomic E-state index is 8.90. The Morgan fingerprint density at radius 3 is 2.68 bits per heavy atom. The molecule has 0 amide bonds. The topological polar surface area (TPSA) is 48.3 Å². The number of benzene rings is 2. The van der Waals surface area contributed by atoms with Crippen LogP contribution in [-0.2, 0) is 11.1 Å². The van der Waals surface area contributed by atoms with Crippen molar-refractivity contribution in [1.29, 1.82) is 5.26 Å². The Bertz CT molecular complexity index is 696. The Morgan fingerprint density at radius 1 is 1.20 bits per heavy atom. The number of rotatable bonds is 10. The van der Waals surface area contributed by atoms with Crippen LogP contribution in [0.1, 0.15) is 11.1 Å². The van der Waals surface area contributed by atoms with E-state index in [0.717, 1.165) is 38.5 Å². The first-order valence-corrected chi connectivity index (χ1v) is 12.3. The van der Waals surface area contributed by atoms with Crippen LogP contribution in [0.4, 0.5) is 5.69 Å². The van der Waals surface area contributed by atoms with Gasteiger partial charge in [0.15, 0.2) is 0 Å². The molecule has 0 fully saturated rings. The largest absolute Gasteiger partial charge is 0.383 e. The SMILES string of the molecule is N#Cc1ccc(NCCN(CCOPI)Cc2ccccc2)c(Cl)c1.